The first-order chi connectivity index (χ1) is 16.4. The van der Waals surface area contributed by atoms with E-state index >= 15 is 0 Å². The lowest BCUT2D eigenvalue weighted by Gasteiger charge is -2.31. The molecule has 0 aliphatic carbocycles. The second-order valence-corrected chi connectivity index (χ2v) is 9.06. The molecule has 9 heteroatoms. The Morgan fingerprint density at radius 3 is 2.62 bits per heavy atom. The number of carbonyl (C=O) groups is 3. The number of thiazole rings is 1. The van der Waals surface area contributed by atoms with E-state index in [2.05, 4.69) is 10.3 Å². The highest BCUT2D eigenvalue weighted by molar-refractivity contribution is 7.13. The van der Waals surface area contributed by atoms with Gasteiger partial charge in [-0.15, -0.1) is 11.3 Å². The van der Waals surface area contributed by atoms with Gasteiger partial charge in [0, 0.05) is 30.0 Å². The van der Waals surface area contributed by atoms with Crippen LogP contribution in [0.15, 0.2) is 53.9 Å². The highest BCUT2D eigenvalue weighted by Crippen LogP contribution is 2.23. The van der Waals surface area contributed by atoms with E-state index in [1.807, 2.05) is 24.4 Å². The number of para-hydroxylation sites is 1. The molecule has 0 spiro atoms. The molecule has 4 rings (SSSR count). The second-order valence-electron chi connectivity index (χ2n) is 8.20. The highest BCUT2D eigenvalue weighted by atomic mass is 32.1. The molecule has 3 aromatic rings. The van der Waals surface area contributed by atoms with Crippen molar-refractivity contribution in [2.75, 3.05) is 18.4 Å². The first kappa shape index (κ1) is 23.4. The molecule has 2 aromatic carbocycles. The van der Waals surface area contributed by atoms with Crippen LogP contribution in [-0.2, 0) is 11.4 Å². The number of amides is 3. The van der Waals surface area contributed by atoms with Gasteiger partial charge in [-0.25, -0.2) is 4.98 Å². The van der Waals surface area contributed by atoms with E-state index in [-0.39, 0.29) is 24.3 Å². The summed E-state index contributed by atoms with van der Waals surface area (Å²) >= 11 is 1.41. The van der Waals surface area contributed by atoms with E-state index in [0.29, 0.717) is 47.9 Å². The molecule has 1 aliphatic rings. The first-order valence-corrected chi connectivity index (χ1v) is 11.9. The molecule has 0 bridgehead atoms. The summed E-state index contributed by atoms with van der Waals surface area (Å²) in [7, 11) is 0. The van der Waals surface area contributed by atoms with E-state index in [1.165, 1.54) is 11.3 Å². The Morgan fingerprint density at radius 2 is 1.91 bits per heavy atom. The summed E-state index contributed by atoms with van der Waals surface area (Å²) in [5, 5.41) is 5.38. The van der Waals surface area contributed by atoms with Crippen LogP contribution < -0.4 is 15.8 Å². The second kappa shape index (κ2) is 10.5. The molecule has 1 aromatic heterocycles. The number of nitrogens with one attached hydrogen (secondary N) is 1. The van der Waals surface area contributed by atoms with Gasteiger partial charge < -0.3 is 20.7 Å². The normalized spacial score (nSPS) is 14.0. The van der Waals surface area contributed by atoms with Gasteiger partial charge in [-0.1, -0.05) is 24.3 Å². The molecule has 1 aliphatic heterocycles. The maximum absolute atomic E-state index is 13.1. The van der Waals surface area contributed by atoms with Crippen molar-refractivity contribution < 1.29 is 19.1 Å². The molecule has 8 nitrogen and oxygen atoms in total. The number of anilines is 1. The SMILES string of the molecule is Cc1csc(NC(=O)C2CCN(C(=O)c3cccc(COc4ccccc4C(N)=O)c3)CC2)n1. The topological polar surface area (TPSA) is 115 Å². The van der Waals surface area contributed by atoms with Gasteiger partial charge in [-0.2, -0.15) is 0 Å². The van der Waals surface area contributed by atoms with Crippen molar-refractivity contribution in [2.24, 2.45) is 11.7 Å². The maximum Gasteiger partial charge on any atom is 0.253 e. The van der Waals surface area contributed by atoms with Crippen LogP contribution in [0.25, 0.3) is 0 Å². The van der Waals surface area contributed by atoms with Gasteiger partial charge >= 0.3 is 0 Å². The summed E-state index contributed by atoms with van der Waals surface area (Å²) in [5.74, 6) is -0.415. The van der Waals surface area contributed by atoms with Crippen LogP contribution in [0, 0.1) is 12.8 Å². The van der Waals surface area contributed by atoms with Crippen molar-refractivity contribution in [2.45, 2.75) is 26.4 Å². The van der Waals surface area contributed by atoms with Gasteiger partial charge in [0.05, 0.1) is 11.3 Å². The van der Waals surface area contributed by atoms with Crippen molar-refractivity contribution in [1.82, 2.24) is 9.88 Å². The number of rotatable bonds is 7. The van der Waals surface area contributed by atoms with Crippen molar-refractivity contribution >= 4 is 34.2 Å². The van der Waals surface area contributed by atoms with Crippen LogP contribution in [0.2, 0.25) is 0 Å². The van der Waals surface area contributed by atoms with Gasteiger partial charge in [-0.3, -0.25) is 14.4 Å². The monoisotopic (exact) mass is 478 g/mol. The zero-order valence-corrected chi connectivity index (χ0v) is 19.6. The summed E-state index contributed by atoms with van der Waals surface area (Å²) in [5.41, 5.74) is 7.96. The van der Waals surface area contributed by atoms with Crippen LogP contribution in [0.3, 0.4) is 0 Å². The van der Waals surface area contributed by atoms with Gasteiger partial charge in [0.2, 0.25) is 5.91 Å². The molecular formula is C25H26N4O4S. The summed E-state index contributed by atoms with van der Waals surface area (Å²) in [6, 6.07) is 14.0. The molecule has 3 N–H and O–H groups in total. The van der Waals surface area contributed by atoms with E-state index < -0.39 is 5.91 Å². The molecule has 3 amide bonds. The van der Waals surface area contributed by atoms with Crippen molar-refractivity contribution in [3.05, 3.63) is 76.3 Å². The number of hydrogen-bond donors (Lipinski definition) is 2. The number of ether oxygens (including phenoxy) is 1. The fourth-order valence-electron chi connectivity index (χ4n) is 3.90. The molecule has 0 atom stereocenters. The largest absolute Gasteiger partial charge is 0.488 e. The number of piperidine rings is 1. The van der Waals surface area contributed by atoms with Gasteiger partial charge in [0.15, 0.2) is 5.13 Å². The molecule has 0 saturated carbocycles. The highest BCUT2D eigenvalue weighted by Gasteiger charge is 2.28. The Kier molecular flexibility index (Phi) is 7.22. The molecule has 0 unspecified atom stereocenters. The number of aryl methyl sites for hydroxylation is 1. The number of likely N-dealkylation sites (tertiary alicyclic amines) is 1. The third kappa shape index (κ3) is 5.60. The van der Waals surface area contributed by atoms with E-state index in [4.69, 9.17) is 10.5 Å². The minimum atomic E-state index is -0.557. The van der Waals surface area contributed by atoms with Crippen molar-refractivity contribution in [3.63, 3.8) is 0 Å². The Hall–Kier alpha value is -3.72. The third-order valence-electron chi connectivity index (χ3n) is 5.72. The standard InChI is InChI=1S/C25H26N4O4S/c1-16-15-34-25(27-16)28-23(31)18-9-11-29(12-10-18)24(32)19-6-4-5-17(13-19)14-33-21-8-3-2-7-20(21)22(26)30/h2-8,13,15,18H,9-12,14H2,1H3,(H2,26,30)(H,27,28,31). The lowest BCUT2D eigenvalue weighted by molar-refractivity contribution is -0.121. The summed E-state index contributed by atoms with van der Waals surface area (Å²) in [6.07, 6.45) is 1.21. The Morgan fingerprint density at radius 1 is 1.15 bits per heavy atom. The van der Waals surface area contributed by atoms with Crippen molar-refractivity contribution in [1.29, 1.82) is 0 Å². The maximum atomic E-state index is 13.1. The molecule has 1 saturated heterocycles. The molecular weight excluding hydrogens is 452 g/mol. The Balaban J connectivity index is 1.33. The van der Waals surface area contributed by atoms with E-state index in [9.17, 15) is 14.4 Å². The molecule has 176 valence electrons. The lowest BCUT2D eigenvalue weighted by Crippen LogP contribution is -2.41. The lowest BCUT2D eigenvalue weighted by atomic mass is 9.95. The predicted molar refractivity (Wildman–Crippen MR) is 130 cm³/mol. The van der Waals surface area contributed by atoms with Gasteiger partial charge in [0.1, 0.15) is 12.4 Å². The number of primary amides is 1. The van der Waals surface area contributed by atoms with Gasteiger partial charge in [-0.05, 0) is 49.6 Å². The number of nitrogens with zero attached hydrogens (tertiary/aromatic N) is 2. The zero-order chi connectivity index (χ0) is 24.1. The quantitative estimate of drug-likeness (QED) is 0.538. The molecule has 34 heavy (non-hydrogen) atoms. The predicted octanol–water partition coefficient (Wildman–Crippen LogP) is 3.62. The van der Waals surface area contributed by atoms with Crippen LogP contribution in [-0.4, -0.2) is 40.7 Å². The molecule has 2 heterocycles. The number of nitrogens with two attached hydrogens (primary N) is 1. The van der Waals surface area contributed by atoms with Crippen LogP contribution in [0.4, 0.5) is 5.13 Å². The fraction of sp³-hybridized carbons (Fsp3) is 0.280. The van der Waals surface area contributed by atoms with Crippen molar-refractivity contribution in [3.8, 4) is 5.75 Å². The molecule has 0 radical (unpaired) electrons. The fourth-order valence-corrected chi connectivity index (χ4v) is 4.59. The van der Waals surface area contributed by atoms with E-state index in [0.717, 1.165) is 11.3 Å². The third-order valence-corrected chi connectivity index (χ3v) is 6.60. The summed E-state index contributed by atoms with van der Waals surface area (Å²) in [6.45, 7) is 3.11. The summed E-state index contributed by atoms with van der Waals surface area (Å²) in [4.78, 5) is 43.2. The van der Waals surface area contributed by atoms with Gasteiger partial charge in [0.25, 0.3) is 11.8 Å². The minimum absolute atomic E-state index is 0.0446. The average Bonchev–Trinajstić information content (AvgIpc) is 3.27. The number of benzene rings is 2. The zero-order valence-electron chi connectivity index (χ0n) is 18.8. The smallest absolute Gasteiger partial charge is 0.253 e. The Bertz CT molecular complexity index is 1200. The van der Waals surface area contributed by atoms with Crippen LogP contribution >= 0.6 is 11.3 Å². The number of carbonyl (C=O) groups excluding carboxylic acids is 3. The number of aromatic nitrogens is 1. The molecule has 1 fully saturated rings. The summed E-state index contributed by atoms with van der Waals surface area (Å²) < 4.78 is 5.78. The minimum Gasteiger partial charge on any atom is -0.488 e. The first-order valence-electron chi connectivity index (χ1n) is 11.0. The van der Waals surface area contributed by atoms with Crippen LogP contribution in [0.1, 0.15) is 44.8 Å². The Labute approximate surface area is 201 Å². The number of hydrogen-bond acceptors (Lipinski definition) is 6. The van der Waals surface area contributed by atoms with E-state index in [1.54, 1.807) is 41.3 Å². The average molecular weight is 479 g/mol. The van der Waals surface area contributed by atoms with Crippen LogP contribution in [0.5, 0.6) is 5.75 Å².